The van der Waals surface area contributed by atoms with E-state index in [1.807, 2.05) is 6.92 Å². The van der Waals surface area contributed by atoms with Gasteiger partial charge in [-0.05, 0) is 31.7 Å². The predicted molar refractivity (Wildman–Crippen MR) is 81.1 cm³/mol. The zero-order chi connectivity index (χ0) is 15.6. The van der Waals surface area contributed by atoms with Crippen molar-refractivity contribution < 1.29 is 13.2 Å². The number of amides is 1. The molecule has 1 aromatic heterocycles. The molecule has 6 nitrogen and oxygen atoms in total. The zero-order valence-electron chi connectivity index (χ0n) is 12.8. The Labute approximate surface area is 125 Å². The molecular formula is C14H23N3O3S. The number of nitrogens with one attached hydrogen (secondary N) is 1. The van der Waals surface area contributed by atoms with Gasteiger partial charge in [-0.2, -0.15) is 5.10 Å². The molecule has 1 N–H and O–H groups in total. The van der Waals surface area contributed by atoms with Gasteiger partial charge < -0.3 is 5.32 Å². The number of aromatic nitrogens is 2. The molecule has 21 heavy (non-hydrogen) atoms. The van der Waals surface area contributed by atoms with E-state index in [-0.39, 0.29) is 23.5 Å². The van der Waals surface area contributed by atoms with Crippen LogP contribution in [-0.4, -0.2) is 42.2 Å². The molecule has 1 atom stereocenters. The van der Waals surface area contributed by atoms with E-state index in [1.165, 1.54) is 0 Å². The summed E-state index contributed by atoms with van der Waals surface area (Å²) in [6.07, 6.45) is 1.49. The van der Waals surface area contributed by atoms with Crippen LogP contribution in [0.25, 0.3) is 0 Å². The molecule has 0 radical (unpaired) electrons. The fraction of sp³-hybridized carbons (Fsp3) is 0.714. The average Bonchev–Trinajstić information content (AvgIpc) is 2.91. The van der Waals surface area contributed by atoms with Crippen LogP contribution in [0, 0.1) is 12.8 Å². The van der Waals surface area contributed by atoms with Crippen molar-refractivity contribution in [2.45, 2.75) is 39.7 Å². The maximum Gasteiger partial charge on any atom is 0.271 e. The molecule has 0 aromatic carbocycles. The monoisotopic (exact) mass is 313 g/mol. The number of carbonyl (C=O) groups is 1. The third-order valence-electron chi connectivity index (χ3n) is 3.72. The van der Waals surface area contributed by atoms with Crippen LogP contribution in [0.1, 0.15) is 48.9 Å². The highest BCUT2D eigenvalue weighted by Crippen LogP contribution is 2.24. The lowest BCUT2D eigenvalue weighted by Crippen LogP contribution is -2.26. The first-order chi connectivity index (χ1) is 9.78. The van der Waals surface area contributed by atoms with Crippen LogP contribution >= 0.6 is 0 Å². The summed E-state index contributed by atoms with van der Waals surface area (Å²) in [4.78, 5) is 12.0. The summed E-state index contributed by atoms with van der Waals surface area (Å²) in [6.45, 7) is 6.68. The van der Waals surface area contributed by atoms with Crippen molar-refractivity contribution in [2.24, 2.45) is 5.92 Å². The Balaban J connectivity index is 2.04. The first-order valence-electron chi connectivity index (χ1n) is 7.33. The van der Waals surface area contributed by atoms with Crippen LogP contribution in [0.2, 0.25) is 0 Å². The number of rotatable bonds is 5. The second-order valence-electron chi connectivity index (χ2n) is 6.11. The van der Waals surface area contributed by atoms with E-state index in [9.17, 15) is 13.2 Å². The molecule has 2 rings (SSSR count). The van der Waals surface area contributed by atoms with Gasteiger partial charge in [0, 0.05) is 12.2 Å². The van der Waals surface area contributed by atoms with Gasteiger partial charge in [0.15, 0.2) is 9.84 Å². The minimum atomic E-state index is -2.96. The van der Waals surface area contributed by atoms with E-state index in [1.54, 1.807) is 10.7 Å². The van der Waals surface area contributed by atoms with Crippen LogP contribution in [0.4, 0.5) is 0 Å². The number of aryl methyl sites for hydroxylation is 1. The van der Waals surface area contributed by atoms with Crippen molar-refractivity contribution in [3.63, 3.8) is 0 Å². The summed E-state index contributed by atoms with van der Waals surface area (Å²) in [5.41, 5.74) is 1.19. The van der Waals surface area contributed by atoms with Crippen LogP contribution < -0.4 is 5.32 Å². The summed E-state index contributed by atoms with van der Waals surface area (Å²) >= 11 is 0. The van der Waals surface area contributed by atoms with E-state index in [0.717, 1.165) is 12.1 Å². The lowest BCUT2D eigenvalue weighted by atomic mass is 10.1. The maximum atomic E-state index is 12.0. The highest BCUT2D eigenvalue weighted by atomic mass is 32.2. The molecule has 1 fully saturated rings. The van der Waals surface area contributed by atoms with Crippen molar-refractivity contribution in [2.75, 3.05) is 18.1 Å². The normalized spacial score (nSPS) is 20.9. The first kappa shape index (κ1) is 16.0. The Bertz CT molecular complexity index is 619. The molecule has 1 unspecified atom stereocenters. The topological polar surface area (TPSA) is 81.1 Å². The molecule has 0 saturated carbocycles. The van der Waals surface area contributed by atoms with Crippen molar-refractivity contribution in [1.29, 1.82) is 0 Å². The largest absolute Gasteiger partial charge is 0.351 e. The number of sulfone groups is 1. The summed E-state index contributed by atoms with van der Waals surface area (Å²) in [6, 6.07) is 1.57. The quantitative estimate of drug-likeness (QED) is 0.889. The molecule has 1 aliphatic heterocycles. The number of hydrogen-bond donors (Lipinski definition) is 1. The Hall–Kier alpha value is -1.37. The highest BCUT2D eigenvalue weighted by molar-refractivity contribution is 7.91. The molecule has 2 heterocycles. The Morgan fingerprint density at radius 2 is 2.24 bits per heavy atom. The second-order valence-corrected chi connectivity index (χ2v) is 8.34. The lowest BCUT2D eigenvalue weighted by molar-refractivity contribution is 0.0946. The van der Waals surface area contributed by atoms with Gasteiger partial charge in [0.2, 0.25) is 0 Å². The summed E-state index contributed by atoms with van der Waals surface area (Å²) in [5.74, 6) is 0.656. The van der Waals surface area contributed by atoms with Crippen molar-refractivity contribution in [3.05, 3.63) is 17.5 Å². The van der Waals surface area contributed by atoms with Gasteiger partial charge in [-0.3, -0.25) is 9.48 Å². The Morgan fingerprint density at radius 1 is 1.52 bits per heavy atom. The Morgan fingerprint density at radius 3 is 2.81 bits per heavy atom. The molecule has 7 heteroatoms. The van der Waals surface area contributed by atoms with Crippen molar-refractivity contribution >= 4 is 15.7 Å². The number of nitrogens with zero attached hydrogens (tertiary/aromatic N) is 2. The number of carbonyl (C=O) groups excluding carboxylic acids is 1. The van der Waals surface area contributed by atoms with Crippen molar-refractivity contribution in [3.8, 4) is 0 Å². The van der Waals surface area contributed by atoms with Gasteiger partial charge in [-0.15, -0.1) is 0 Å². The van der Waals surface area contributed by atoms with Crippen LogP contribution in [-0.2, 0) is 9.84 Å². The average molecular weight is 313 g/mol. The van der Waals surface area contributed by atoms with Crippen LogP contribution in [0.15, 0.2) is 6.07 Å². The lowest BCUT2D eigenvalue weighted by Gasteiger charge is -2.10. The second kappa shape index (κ2) is 6.17. The molecule has 0 spiro atoms. The number of hydrogen-bond acceptors (Lipinski definition) is 4. The Kier molecular flexibility index (Phi) is 4.70. The van der Waals surface area contributed by atoms with Gasteiger partial charge >= 0.3 is 0 Å². The molecular weight excluding hydrogens is 290 g/mol. The molecule has 0 aliphatic carbocycles. The summed E-state index contributed by atoms with van der Waals surface area (Å²) in [7, 11) is -2.96. The van der Waals surface area contributed by atoms with E-state index in [0.29, 0.717) is 24.6 Å². The van der Waals surface area contributed by atoms with Gasteiger partial charge in [-0.25, -0.2) is 8.42 Å². The molecule has 0 bridgehead atoms. The fourth-order valence-corrected chi connectivity index (χ4v) is 4.19. The molecule has 1 amide bonds. The zero-order valence-corrected chi connectivity index (χ0v) is 13.6. The minimum absolute atomic E-state index is 0.115. The van der Waals surface area contributed by atoms with Gasteiger partial charge in [-0.1, -0.05) is 13.8 Å². The van der Waals surface area contributed by atoms with Crippen LogP contribution in [0.5, 0.6) is 0 Å². The smallest absolute Gasteiger partial charge is 0.271 e. The maximum absolute atomic E-state index is 12.0. The fourth-order valence-electron chi connectivity index (χ4n) is 2.50. The van der Waals surface area contributed by atoms with Gasteiger partial charge in [0.1, 0.15) is 5.69 Å². The van der Waals surface area contributed by atoms with Crippen molar-refractivity contribution in [1.82, 2.24) is 15.1 Å². The summed E-state index contributed by atoms with van der Waals surface area (Å²) in [5, 5.41) is 7.14. The minimum Gasteiger partial charge on any atom is -0.351 e. The van der Waals surface area contributed by atoms with E-state index >= 15 is 0 Å². The summed E-state index contributed by atoms with van der Waals surface area (Å²) < 4.78 is 24.8. The molecule has 1 aliphatic rings. The molecule has 1 aromatic rings. The standard InChI is InChI=1S/C14H23N3O3S/c1-10(2)4-6-15-14(18)13-8-11(3)17(16-13)12-5-7-21(19,20)9-12/h8,10,12H,4-7,9H2,1-3H3,(H,15,18). The van der Waals surface area contributed by atoms with E-state index < -0.39 is 9.84 Å². The van der Waals surface area contributed by atoms with Gasteiger partial charge in [0.05, 0.1) is 17.5 Å². The third kappa shape index (κ3) is 4.06. The SMILES string of the molecule is Cc1cc(C(=O)NCCC(C)C)nn1C1CCS(=O)(=O)C1. The third-order valence-corrected chi connectivity index (χ3v) is 5.47. The van der Waals surface area contributed by atoms with E-state index in [4.69, 9.17) is 0 Å². The first-order valence-corrected chi connectivity index (χ1v) is 9.15. The highest BCUT2D eigenvalue weighted by Gasteiger charge is 2.31. The molecule has 1 saturated heterocycles. The van der Waals surface area contributed by atoms with E-state index in [2.05, 4.69) is 24.3 Å². The molecule has 118 valence electrons. The van der Waals surface area contributed by atoms with Crippen LogP contribution in [0.3, 0.4) is 0 Å². The predicted octanol–water partition coefficient (Wildman–Crippen LogP) is 1.33. The van der Waals surface area contributed by atoms with Gasteiger partial charge in [0.25, 0.3) is 5.91 Å².